The van der Waals surface area contributed by atoms with E-state index in [0.29, 0.717) is 0 Å². The van der Waals surface area contributed by atoms with Crippen LogP contribution in [0, 0.1) is 0 Å². The molecule has 1 rings (SSSR count). The van der Waals surface area contributed by atoms with E-state index in [4.69, 9.17) is 15.6 Å². The number of esters is 1. The Bertz CT molecular complexity index is 364. The zero-order valence-electron chi connectivity index (χ0n) is 8.96. The van der Waals surface area contributed by atoms with Crippen LogP contribution in [0.5, 0.6) is 0 Å². The van der Waals surface area contributed by atoms with E-state index >= 15 is 0 Å². The number of hydrogen-bond donors (Lipinski definition) is 3. The highest BCUT2D eigenvalue weighted by atomic mass is 16.5. The topological polar surface area (TPSA) is 111 Å². The lowest BCUT2D eigenvalue weighted by molar-refractivity contribution is 0.0515. The number of aromatic nitrogens is 2. The Hall–Kier alpha value is -1.60. The lowest BCUT2D eigenvalue weighted by Gasteiger charge is -2.07. The van der Waals surface area contributed by atoms with Crippen molar-refractivity contribution in [1.29, 1.82) is 0 Å². The number of anilines is 1. The van der Waals surface area contributed by atoms with E-state index in [2.05, 4.69) is 5.10 Å². The molecule has 0 radical (unpaired) electrons. The SMILES string of the molecule is CCOC(=O)c1cc(N)n(CC(O)CO)n1. The van der Waals surface area contributed by atoms with Crippen LogP contribution in [0.3, 0.4) is 0 Å². The van der Waals surface area contributed by atoms with Gasteiger partial charge in [-0.3, -0.25) is 0 Å². The van der Waals surface area contributed by atoms with Crippen molar-refractivity contribution in [2.75, 3.05) is 18.9 Å². The van der Waals surface area contributed by atoms with E-state index in [9.17, 15) is 9.90 Å². The monoisotopic (exact) mass is 229 g/mol. The van der Waals surface area contributed by atoms with Crippen molar-refractivity contribution in [2.24, 2.45) is 0 Å². The average Bonchev–Trinajstić information content (AvgIpc) is 2.61. The summed E-state index contributed by atoms with van der Waals surface area (Å²) in [6.07, 6.45) is -0.961. The highest BCUT2D eigenvalue weighted by Gasteiger charge is 2.15. The molecule has 1 aromatic heterocycles. The molecule has 0 amide bonds. The van der Waals surface area contributed by atoms with Crippen molar-refractivity contribution in [3.63, 3.8) is 0 Å². The van der Waals surface area contributed by atoms with Gasteiger partial charge in [0, 0.05) is 6.07 Å². The van der Waals surface area contributed by atoms with Crippen LogP contribution in [0.15, 0.2) is 6.07 Å². The van der Waals surface area contributed by atoms with E-state index < -0.39 is 18.7 Å². The van der Waals surface area contributed by atoms with Gasteiger partial charge in [-0.25, -0.2) is 9.48 Å². The number of carbonyl (C=O) groups excluding carboxylic acids is 1. The summed E-state index contributed by atoms with van der Waals surface area (Å²) in [4.78, 5) is 11.3. The van der Waals surface area contributed by atoms with Gasteiger partial charge < -0.3 is 20.7 Å². The third-order valence-electron chi connectivity index (χ3n) is 1.89. The van der Waals surface area contributed by atoms with Gasteiger partial charge >= 0.3 is 5.97 Å². The number of nitrogen functional groups attached to an aromatic ring is 1. The van der Waals surface area contributed by atoms with Crippen molar-refractivity contribution in [3.05, 3.63) is 11.8 Å². The van der Waals surface area contributed by atoms with Crippen molar-refractivity contribution < 1.29 is 19.7 Å². The Morgan fingerprint density at radius 1 is 1.75 bits per heavy atom. The molecule has 1 heterocycles. The molecule has 0 saturated heterocycles. The fourth-order valence-corrected chi connectivity index (χ4v) is 1.14. The molecule has 7 heteroatoms. The Morgan fingerprint density at radius 2 is 2.44 bits per heavy atom. The summed E-state index contributed by atoms with van der Waals surface area (Å²) in [5.41, 5.74) is 5.67. The normalized spacial score (nSPS) is 12.4. The molecule has 90 valence electrons. The quantitative estimate of drug-likeness (QED) is 0.558. The van der Waals surface area contributed by atoms with Crippen LogP contribution in [-0.4, -0.2) is 45.3 Å². The molecule has 0 aromatic carbocycles. The van der Waals surface area contributed by atoms with Crippen molar-refractivity contribution in [3.8, 4) is 0 Å². The van der Waals surface area contributed by atoms with Crippen molar-refractivity contribution in [1.82, 2.24) is 9.78 Å². The standard InChI is InChI=1S/C9H15N3O4/c1-2-16-9(15)7-3-8(10)12(11-7)4-6(14)5-13/h3,6,13-14H,2,4-5,10H2,1H3. The second-order valence-electron chi connectivity index (χ2n) is 3.19. The smallest absolute Gasteiger partial charge is 0.358 e. The number of aliphatic hydroxyl groups is 2. The van der Waals surface area contributed by atoms with Crippen LogP contribution in [-0.2, 0) is 11.3 Å². The molecule has 0 aliphatic carbocycles. The molecule has 4 N–H and O–H groups in total. The maximum absolute atomic E-state index is 11.3. The number of hydrogen-bond acceptors (Lipinski definition) is 6. The lowest BCUT2D eigenvalue weighted by atomic mass is 10.4. The number of ether oxygens (including phenoxy) is 1. The number of nitrogens with zero attached hydrogens (tertiary/aromatic N) is 2. The average molecular weight is 229 g/mol. The zero-order valence-corrected chi connectivity index (χ0v) is 8.96. The fraction of sp³-hybridized carbons (Fsp3) is 0.556. The molecule has 0 aliphatic rings. The largest absolute Gasteiger partial charge is 0.461 e. The first-order chi connectivity index (χ1) is 7.58. The summed E-state index contributed by atoms with van der Waals surface area (Å²) in [6, 6.07) is 1.36. The van der Waals surface area contributed by atoms with E-state index in [1.807, 2.05) is 0 Å². The summed E-state index contributed by atoms with van der Waals surface area (Å²) >= 11 is 0. The highest BCUT2D eigenvalue weighted by molar-refractivity contribution is 5.88. The second-order valence-corrected chi connectivity index (χ2v) is 3.19. The third kappa shape index (κ3) is 2.94. The Labute approximate surface area is 92.4 Å². The van der Waals surface area contributed by atoms with Crippen molar-refractivity contribution in [2.45, 2.75) is 19.6 Å². The predicted molar refractivity (Wildman–Crippen MR) is 55.7 cm³/mol. The van der Waals surface area contributed by atoms with E-state index in [0.717, 1.165) is 0 Å². The number of rotatable bonds is 5. The van der Waals surface area contributed by atoms with Gasteiger partial charge in [0.2, 0.25) is 0 Å². The van der Waals surface area contributed by atoms with Crippen LogP contribution in [0.4, 0.5) is 5.82 Å². The van der Waals surface area contributed by atoms with Crippen LogP contribution in [0.2, 0.25) is 0 Å². The molecule has 1 unspecified atom stereocenters. The van der Waals surface area contributed by atoms with Gasteiger partial charge in [0.25, 0.3) is 0 Å². The Kier molecular flexibility index (Phi) is 4.27. The van der Waals surface area contributed by atoms with Gasteiger partial charge in [0.15, 0.2) is 5.69 Å². The number of nitrogens with two attached hydrogens (primary N) is 1. The Balaban J connectivity index is 2.77. The molecule has 0 fully saturated rings. The van der Waals surface area contributed by atoms with Crippen LogP contribution < -0.4 is 5.73 Å². The molecule has 0 aliphatic heterocycles. The second kappa shape index (κ2) is 5.47. The molecular formula is C9H15N3O4. The first-order valence-corrected chi connectivity index (χ1v) is 4.87. The first-order valence-electron chi connectivity index (χ1n) is 4.87. The van der Waals surface area contributed by atoms with Gasteiger partial charge in [0.05, 0.1) is 25.9 Å². The minimum Gasteiger partial charge on any atom is -0.461 e. The molecule has 0 saturated carbocycles. The minimum absolute atomic E-state index is 0.0295. The molecule has 0 bridgehead atoms. The van der Waals surface area contributed by atoms with E-state index in [1.54, 1.807) is 6.92 Å². The molecule has 1 aromatic rings. The summed E-state index contributed by atoms with van der Waals surface area (Å²) < 4.78 is 5.99. The molecule has 0 spiro atoms. The van der Waals surface area contributed by atoms with E-state index in [1.165, 1.54) is 10.7 Å². The minimum atomic E-state index is -0.961. The maximum atomic E-state index is 11.3. The van der Waals surface area contributed by atoms with Crippen molar-refractivity contribution >= 4 is 11.8 Å². The maximum Gasteiger partial charge on any atom is 0.358 e. The highest BCUT2D eigenvalue weighted by Crippen LogP contribution is 2.08. The number of carbonyl (C=O) groups is 1. The molecule has 16 heavy (non-hydrogen) atoms. The van der Waals surface area contributed by atoms with Gasteiger partial charge in [-0.15, -0.1) is 0 Å². The van der Waals surface area contributed by atoms with Crippen LogP contribution in [0.1, 0.15) is 17.4 Å². The van der Waals surface area contributed by atoms with Crippen LogP contribution >= 0.6 is 0 Å². The lowest BCUT2D eigenvalue weighted by Crippen LogP contribution is -2.22. The number of aliphatic hydroxyl groups excluding tert-OH is 2. The summed E-state index contributed by atoms with van der Waals surface area (Å²) in [6.45, 7) is 1.58. The van der Waals surface area contributed by atoms with E-state index in [-0.39, 0.29) is 24.7 Å². The Morgan fingerprint density at radius 3 is 3.00 bits per heavy atom. The first kappa shape index (κ1) is 12.5. The van der Waals surface area contributed by atoms with Gasteiger partial charge in [-0.1, -0.05) is 0 Å². The van der Waals surface area contributed by atoms with Gasteiger partial charge in [-0.2, -0.15) is 5.10 Å². The molecular weight excluding hydrogens is 214 g/mol. The van der Waals surface area contributed by atoms with Crippen LogP contribution in [0.25, 0.3) is 0 Å². The third-order valence-corrected chi connectivity index (χ3v) is 1.89. The van der Waals surface area contributed by atoms with Gasteiger partial charge in [0.1, 0.15) is 5.82 Å². The van der Waals surface area contributed by atoms with Gasteiger partial charge in [-0.05, 0) is 6.92 Å². The predicted octanol–water partition coefficient (Wildman–Crippen LogP) is -1.00. The fourth-order valence-electron chi connectivity index (χ4n) is 1.14. The summed E-state index contributed by atoms with van der Waals surface area (Å²) in [5.74, 6) is -0.331. The molecule has 1 atom stereocenters. The zero-order chi connectivity index (χ0) is 12.1. The summed E-state index contributed by atoms with van der Waals surface area (Å²) in [7, 11) is 0. The molecule has 7 nitrogen and oxygen atoms in total. The summed E-state index contributed by atoms with van der Waals surface area (Å²) in [5, 5.41) is 21.7.